The summed E-state index contributed by atoms with van der Waals surface area (Å²) >= 11 is 1.10. The summed E-state index contributed by atoms with van der Waals surface area (Å²) in [6, 6.07) is 16.7. The minimum atomic E-state index is -3.75. The molecule has 4 aromatic rings. The van der Waals surface area contributed by atoms with E-state index >= 15 is 0 Å². The van der Waals surface area contributed by atoms with Crippen LogP contribution in [0, 0.1) is 0 Å². The predicted molar refractivity (Wildman–Crippen MR) is 121 cm³/mol. The van der Waals surface area contributed by atoms with Gasteiger partial charge in [0.1, 0.15) is 4.21 Å². The van der Waals surface area contributed by atoms with Crippen LogP contribution in [0.3, 0.4) is 0 Å². The lowest BCUT2D eigenvalue weighted by atomic mass is 10.2. The molecule has 0 fully saturated rings. The van der Waals surface area contributed by atoms with E-state index < -0.39 is 10.0 Å². The standard InChI is InChI=1S/C21H18N4O4S2/c26-19(11-12-25-14-22-16-7-2-1-6-15(16)21(25)27)23-17-8-3-4-9-18(17)24-31(28,29)20-10-5-13-30-20/h1-10,13-14,24H,11-12H2,(H,23,26). The zero-order valence-electron chi connectivity index (χ0n) is 16.2. The van der Waals surface area contributed by atoms with E-state index in [2.05, 4.69) is 15.0 Å². The Bertz CT molecular complexity index is 1400. The molecule has 2 aromatic heterocycles. The predicted octanol–water partition coefficient (Wildman–Crippen LogP) is 3.29. The Morgan fingerprint density at radius 3 is 2.52 bits per heavy atom. The molecule has 158 valence electrons. The molecule has 2 aromatic carbocycles. The fourth-order valence-electron chi connectivity index (χ4n) is 2.99. The molecule has 2 N–H and O–H groups in total. The monoisotopic (exact) mass is 454 g/mol. The third-order valence-corrected chi connectivity index (χ3v) is 7.28. The fraction of sp³-hybridized carbons (Fsp3) is 0.0952. The van der Waals surface area contributed by atoms with Gasteiger partial charge >= 0.3 is 0 Å². The van der Waals surface area contributed by atoms with Gasteiger partial charge in [-0.3, -0.25) is 18.9 Å². The molecule has 4 rings (SSSR count). The molecule has 0 spiro atoms. The van der Waals surface area contributed by atoms with Crippen LogP contribution in [0.1, 0.15) is 6.42 Å². The normalized spacial score (nSPS) is 11.4. The number of aryl methyl sites for hydroxylation is 1. The molecule has 31 heavy (non-hydrogen) atoms. The van der Waals surface area contributed by atoms with Crippen LogP contribution in [0.4, 0.5) is 11.4 Å². The Labute approximate surface area is 182 Å². The molecule has 0 saturated heterocycles. The summed E-state index contributed by atoms with van der Waals surface area (Å²) in [5.41, 5.74) is 0.966. The molecule has 2 heterocycles. The minimum absolute atomic E-state index is 0.0198. The van der Waals surface area contributed by atoms with Crippen LogP contribution >= 0.6 is 11.3 Å². The largest absolute Gasteiger partial charge is 0.324 e. The van der Waals surface area contributed by atoms with Crippen LogP contribution in [0.15, 0.2) is 81.4 Å². The minimum Gasteiger partial charge on any atom is -0.324 e. The van der Waals surface area contributed by atoms with Crippen LogP contribution in [0.5, 0.6) is 0 Å². The van der Waals surface area contributed by atoms with Gasteiger partial charge in [-0.1, -0.05) is 30.3 Å². The first kappa shape index (κ1) is 20.8. The number of fused-ring (bicyclic) bond motifs is 1. The second kappa shape index (κ2) is 8.70. The van der Waals surface area contributed by atoms with Gasteiger partial charge < -0.3 is 5.32 Å². The zero-order chi connectivity index (χ0) is 21.8. The maximum Gasteiger partial charge on any atom is 0.271 e. The maximum absolute atomic E-state index is 12.5. The van der Waals surface area contributed by atoms with Crippen molar-refractivity contribution in [3.05, 3.63) is 82.7 Å². The van der Waals surface area contributed by atoms with Crippen molar-refractivity contribution in [1.82, 2.24) is 9.55 Å². The van der Waals surface area contributed by atoms with Gasteiger partial charge in [-0.05, 0) is 35.7 Å². The SMILES string of the molecule is O=C(CCn1cnc2ccccc2c1=O)Nc1ccccc1NS(=O)(=O)c1cccs1. The summed E-state index contributed by atoms with van der Waals surface area (Å²) in [4.78, 5) is 29.3. The molecule has 0 aliphatic heterocycles. The highest BCUT2D eigenvalue weighted by Crippen LogP contribution is 2.26. The van der Waals surface area contributed by atoms with E-state index in [9.17, 15) is 18.0 Å². The smallest absolute Gasteiger partial charge is 0.271 e. The number of benzene rings is 2. The van der Waals surface area contributed by atoms with E-state index in [0.29, 0.717) is 16.6 Å². The number of hydrogen-bond acceptors (Lipinski definition) is 6. The summed E-state index contributed by atoms with van der Waals surface area (Å²) in [5, 5.41) is 4.86. The van der Waals surface area contributed by atoms with Crippen LogP contribution in [0.25, 0.3) is 10.9 Å². The zero-order valence-corrected chi connectivity index (χ0v) is 17.8. The first-order valence-corrected chi connectivity index (χ1v) is 11.7. The summed E-state index contributed by atoms with van der Waals surface area (Å²) in [7, 11) is -3.75. The van der Waals surface area contributed by atoms with E-state index in [0.717, 1.165) is 11.3 Å². The topological polar surface area (TPSA) is 110 Å². The van der Waals surface area contributed by atoms with E-state index in [-0.39, 0.29) is 34.3 Å². The molecule has 0 aliphatic carbocycles. The average molecular weight is 455 g/mol. The maximum atomic E-state index is 12.5. The van der Waals surface area contributed by atoms with Crippen LogP contribution in [0.2, 0.25) is 0 Å². The lowest BCUT2D eigenvalue weighted by Crippen LogP contribution is -2.24. The van der Waals surface area contributed by atoms with Crippen molar-refractivity contribution in [1.29, 1.82) is 0 Å². The fourth-order valence-corrected chi connectivity index (χ4v) is 5.07. The molecule has 0 bridgehead atoms. The van der Waals surface area contributed by atoms with E-state index in [1.54, 1.807) is 60.0 Å². The summed E-state index contributed by atoms with van der Waals surface area (Å²) in [5.74, 6) is -0.358. The number of amides is 1. The van der Waals surface area contributed by atoms with Crippen molar-refractivity contribution in [2.75, 3.05) is 10.0 Å². The number of sulfonamides is 1. The third-order valence-electron chi connectivity index (χ3n) is 4.52. The number of hydrogen-bond donors (Lipinski definition) is 2. The number of thiophene rings is 1. The van der Waals surface area contributed by atoms with Gasteiger partial charge in [-0.2, -0.15) is 0 Å². The Kier molecular flexibility index (Phi) is 5.83. The quantitative estimate of drug-likeness (QED) is 0.445. The van der Waals surface area contributed by atoms with Crippen molar-refractivity contribution >= 4 is 49.5 Å². The Hall–Kier alpha value is -3.50. The van der Waals surface area contributed by atoms with Gasteiger partial charge in [0, 0.05) is 13.0 Å². The second-order valence-corrected chi connectivity index (χ2v) is 9.50. The van der Waals surface area contributed by atoms with Crippen molar-refractivity contribution < 1.29 is 13.2 Å². The van der Waals surface area contributed by atoms with Gasteiger partial charge in [0.2, 0.25) is 5.91 Å². The summed E-state index contributed by atoms with van der Waals surface area (Å²) < 4.78 is 29.1. The number of nitrogens with zero attached hydrogens (tertiary/aromatic N) is 2. The summed E-state index contributed by atoms with van der Waals surface area (Å²) in [6.07, 6.45) is 1.44. The number of rotatable bonds is 7. The van der Waals surface area contributed by atoms with Crippen LogP contribution < -0.4 is 15.6 Å². The molecule has 0 radical (unpaired) electrons. The van der Waals surface area contributed by atoms with Crippen molar-refractivity contribution in [3.63, 3.8) is 0 Å². The van der Waals surface area contributed by atoms with Crippen LogP contribution in [-0.2, 0) is 21.4 Å². The Balaban J connectivity index is 1.46. The lowest BCUT2D eigenvalue weighted by molar-refractivity contribution is -0.116. The Morgan fingerprint density at radius 1 is 1.00 bits per heavy atom. The number of aromatic nitrogens is 2. The number of carbonyl (C=O) groups excluding carboxylic acids is 1. The highest BCUT2D eigenvalue weighted by molar-refractivity contribution is 7.94. The van der Waals surface area contributed by atoms with Gasteiger partial charge in [0.25, 0.3) is 15.6 Å². The molecule has 0 saturated carbocycles. The lowest BCUT2D eigenvalue weighted by Gasteiger charge is -2.13. The molecule has 0 aliphatic rings. The van der Waals surface area contributed by atoms with Crippen molar-refractivity contribution in [2.45, 2.75) is 17.2 Å². The second-order valence-electron chi connectivity index (χ2n) is 6.64. The molecule has 8 nitrogen and oxygen atoms in total. The van der Waals surface area contributed by atoms with Gasteiger partial charge in [-0.15, -0.1) is 11.3 Å². The van der Waals surface area contributed by atoms with E-state index in [4.69, 9.17) is 0 Å². The first-order valence-electron chi connectivity index (χ1n) is 9.33. The molecule has 0 unspecified atom stereocenters. The molecular weight excluding hydrogens is 436 g/mol. The Morgan fingerprint density at radius 2 is 1.74 bits per heavy atom. The number of anilines is 2. The molecule has 10 heteroatoms. The number of para-hydroxylation sites is 3. The van der Waals surface area contributed by atoms with Gasteiger partial charge in [0.15, 0.2) is 0 Å². The highest BCUT2D eigenvalue weighted by atomic mass is 32.2. The molecule has 0 atom stereocenters. The molecule has 1 amide bonds. The van der Waals surface area contributed by atoms with E-state index in [1.165, 1.54) is 17.0 Å². The van der Waals surface area contributed by atoms with Crippen molar-refractivity contribution in [3.8, 4) is 0 Å². The number of nitrogens with one attached hydrogen (secondary N) is 2. The first-order chi connectivity index (χ1) is 14.9. The van der Waals surface area contributed by atoms with E-state index in [1.807, 2.05) is 0 Å². The van der Waals surface area contributed by atoms with Gasteiger partial charge in [0.05, 0.1) is 28.6 Å². The van der Waals surface area contributed by atoms with Crippen LogP contribution in [-0.4, -0.2) is 23.9 Å². The highest BCUT2D eigenvalue weighted by Gasteiger charge is 2.17. The number of carbonyl (C=O) groups is 1. The van der Waals surface area contributed by atoms with Gasteiger partial charge in [-0.25, -0.2) is 13.4 Å². The van der Waals surface area contributed by atoms with Crippen molar-refractivity contribution in [2.24, 2.45) is 0 Å². The summed E-state index contributed by atoms with van der Waals surface area (Å²) in [6.45, 7) is 0.144. The third kappa shape index (κ3) is 4.65. The molecular formula is C21H18N4O4S2. The average Bonchev–Trinajstić information content (AvgIpc) is 3.31.